The predicted octanol–water partition coefficient (Wildman–Crippen LogP) is 1.62. The summed E-state index contributed by atoms with van der Waals surface area (Å²) in [4.78, 5) is 12.6. The van der Waals surface area contributed by atoms with Crippen molar-refractivity contribution in [3.05, 3.63) is 47.8 Å². The van der Waals surface area contributed by atoms with Crippen LogP contribution in [0.15, 0.2) is 41.8 Å². The molecule has 0 saturated heterocycles. The second-order valence-corrected chi connectivity index (χ2v) is 3.67. The van der Waals surface area contributed by atoms with Crippen molar-refractivity contribution in [2.24, 2.45) is 5.16 Å². The fraction of sp³-hybridized carbons (Fsp3) is 0.154. The number of hydrogen-bond acceptors (Lipinski definition) is 6. The van der Waals surface area contributed by atoms with Gasteiger partial charge >= 0.3 is 0 Å². The maximum Gasteiger partial charge on any atom is 0.228 e. The molecule has 0 bridgehead atoms. The van der Waals surface area contributed by atoms with Crippen LogP contribution in [0.4, 0.5) is 5.82 Å². The number of aromatic nitrogens is 2. The molecule has 1 aromatic heterocycles. The lowest BCUT2D eigenvalue weighted by Crippen LogP contribution is -2.05. The maximum atomic E-state index is 5.75. The summed E-state index contributed by atoms with van der Waals surface area (Å²) in [7, 11) is 1.45. The van der Waals surface area contributed by atoms with E-state index < -0.39 is 0 Å². The highest BCUT2D eigenvalue weighted by molar-refractivity contribution is 5.87. The van der Waals surface area contributed by atoms with Crippen LogP contribution in [0.25, 0.3) is 0 Å². The largest absolute Gasteiger partial charge is 0.472 e. The molecular weight excluding hydrogens is 244 g/mol. The Hall–Kier alpha value is -2.63. The number of rotatable bonds is 5. The number of benzene rings is 1. The van der Waals surface area contributed by atoms with E-state index in [0.717, 1.165) is 5.56 Å². The molecule has 0 aliphatic rings. The normalized spacial score (nSPS) is 10.6. The van der Waals surface area contributed by atoms with E-state index in [4.69, 9.17) is 10.5 Å². The number of anilines is 1. The Kier molecular flexibility index (Phi) is 4.28. The van der Waals surface area contributed by atoms with Crippen LogP contribution in [-0.2, 0) is 11.4 Å². The molecule has 6 nitrogen and oxygen atoms in total. The van der Waals surface area contributed by atoms with Gasteiger partial charge in [-0.3, -0.25) is 0 Å². The van der Waals surface area contributed by atoms with Gasteiger partial charge in [-0.15, -0.1) is 0 Å². The van der Waals surface area contributed by atoms with Crippen molar-refractivity contribution in [2.45, 2.75) is 6.61 Å². The molecule has 0 atom stereocenters. The van der Waals surface area contributed by atoms with Crippen molar-refractivity contribution in [2.75, 3.05) is 12.8 Å². The zero-order valence-electron chi connectivity index (χ0n) is 10.5. The van der Waals surface area contributed by atoms with Crippen LogP contribution in [0.1, 0.15) is 11.1 Å². The van der Waals surface area contributed by atoms with Gasteiger partial charge in [-0.25, -0.2) is 9.97 Å². The highest BCUT2D eigenvalue weighted by Gasteiger charge is 2.08. The van der Waals surface area contributed by atoms with E-state index in [-0.39, 0.29) is 0 Å². The molecule has 6 heteroatoms. The van der Waals surface area contributed by atoms with Crippen molar-refractivity contribution in [1.29, 1.82) is 0 Å². The lowest BCUT2D eigenvalue weighted by Gasteiger charge is -2.08. The Morgan fingerprint density at radius 2 is 2.05 bits per heavy atom. The van der Waals surface area contributed by atoms with E-state index in [9.17, 15) is 0 Å². The minimum absolute atomic E-state index is 0.291. The standard InChI is InChI=1S/C13H14N4O2/c1-18-17-7-11-12(14)15-9-16-13(11)19-8-10-5-3-2-4-6-10/h2-7,9H,8H2,1H3,(H2,14,15,16)/b17-7+. The second kappa shape index (κ2) is 6.34. The highest BCUT2D eigenvalue weighted by atomic mass is 16.6. The SMILES string of the molecule is CO/N=C/c1c(N)ncnc1OCc1ccccc1. The molecule has 98 valence electrons. The number of ether oxygens (including phenoxy) is 1. The summed E-state index contributed by atoms with van der Waals surface area (Å²) >= 11 is 0. The van der Waals surface area contributed by atoms with Crippen LogP contribution in [0.2, 0.25) is 0 Å². The molecule has 0 radical (unpaired) electrons. The molecule has 2 N–H and O–H groups in total. The molecule has 0 saturated carbocycles. The molecular formula is C13H14N4O2. The van der Waals surface area contributed by atoms with Gasteiger partial charge in [0.15, 0.2) is 0 Å². The fourth-order valence-electron chi connectivity index (χ4n) is 1.46. The lowest BCUT2D eigenvalue weighted by molar-refractivity contribution is 0.215. The smallest absolute Gasteiger partial charge is 0.228 e. The van der Waals surface area contributed by atoms with Gasteiger partial charge in [0.25, 0.3) is 0 Å². The van der Waals surface area contributed by atoms with Gasteiger partial charge < -0.3 is 15.3 Å². The van der Waals surface area contributed by atoms with E-state index in [1.54, 1.807) is 0 Å². The third-order valence-corrected chi connectivity index (χ3v) is 2.38. The van der Waals surface area contributed by atoms with Crippen LogP contribution in [-0.4, -0.2) is 23.3 Å². The molecule has 19 heavy (non-hydrogen) atoms. The minimum Gasteiger partial charge on any atom is -0.472 e. The van der Waals surface area contributed by atoms with Gasteiger partial charge in [0.1, 0.15) is 31.4 Å². The summed E-state index contributed by atoms with van der Waals surface area (Å²) in [6.45, 7) is 0.394. The highest BCUT2D eigenvalue weighted by Crippen LogP contribution is 2.18. The molecule has 0 aliphatic carbocycles. The van der Waals surface area contributed by atoms with Gasteiger partial charge in [0.2, 0.25) is 5.88 Å². The molecule has 0 spiro atoms. The number of oxime groups is 1. The third kappa shape index (κ3) is 3.41. The van der Waals surface area contributed by atoms with Gasteiger partial charge in [-0.05, 0) is 5.56 Å². The summed E-state index contributed by atoms with van der Waals surface area (Å²) < 4.78 is 5.62. The lowest BCUT2D eigenvalue weighted by atomic mass is 10.2. The summed E-state index contributed by atoms with van der Waals surface area (Å²) in [6, 6.07) is 9.77. The van der Waals surface area contributed by atoms with E-state index in [0.29, 0.717) is 23.9 Å². The van der Waals surface area contributed by atoms with Gasteiger partial charge in [0, 0.05) is 0 Å². The number of nitrogens with two attached hydrogens (primary N) is 1. The van der Waals surface area contributed by atoms with E-state index in [1.807, 2.05) is 30.3 Å². The Morgan fingerprint density at radius 3 is 2.79 bits per heavy atom. The zero-order valence-corrected chi connectivity index (χ0v) is 10.5. The monoisotopic (exact) mass is 258 g/mol. The first-order valence-corrected chi connectivity index (χ1v) is 5.65. The minimum atomic E-state index is 0.291. The Morgan fingerprint density at radius 1 is 1.26 bits per heavy atom. The second-order valence-electron chi connectivity index (χ2n) is 3.67. The van der Waals surface area contributed by atoms with Gasteiger partial charge in [-0.2, -0.15) is 0 Å². The topological polar surface area (TPSA) is 82.6 Å². The Balaban J connectivity index is 2.16. The summed E-state index contributed by atoms with van der Waals surface area (Å²) in [5.41, 5.74) is 7.29. The number of nitrogens with zero attached hydrogens (tertiary/aromatic N) is 3. The molecule has 1 aromatic carbocycles. The molecule has 0 unspecified atom stereocenters. The molecule has 0 amide bonds. The summed E-state index contributed by atoms with van der Waals surface area (Å²) in [5, 5.41) is 3.65. The maximum absolute atomic E-state index is 5.75. The predicted molar refractivity (Wildman–Crippen MR) is 71.8 cm³/mol. The van der Waals surface area contributed by atoms with Crippen LogP contribution >= 0.6 is 0 Å². The molecule has 0 aliphatic heterocycles. The third-order valence-electron chi connectivity index (χ3n) is 2.38. The van der Waals surface area contributed by atoms with Crippen molar-refractivity contribution in [3.63, 3.8) is 0 Å². The Bertz CT molecular complexity index is 558. The van der Waals surface area contributed by atoms with E-state index in [2.05, 4.69) is 20.0 Å². The molecule has 2 rings (SSSR count). The summed E-state index contributed by atoms with van der Waals surface area (Å²) in [6.07, 6.45) is 2.77. The molecule has 0 fully saturated rings. The van der Waals surface area contributed by atoms with Crippen molar-refractivity contribution in [1.82, 2.24) is 9.97 Å². The number of hydrogen-bond donors (Lipinski definition) is 1. The first kappa shape index (κ1) is 12.8. The molecule has 2 aromatic rings. The van der Waals surface area contributed by atoms with Crippen LogP contribution in [0.3, 0.4) is 0 Å². The van der Waals surface area contributed by atoms with Crippen molar-refractivity contribution in [3.8, 4) is 5.88 Å². The quantitative estimate of drug-likeness (QED) is 0.651. The average molecular weight is 258 g/mol. The molecule has 1 heterocycles. The van der Waals surface area contributed by atoms with E-state index >= 15 is 0 Å². The van der Waals surface area contributed by atoms with Crippen LogP contribution in [0, 0.1) is 0 Å². The van der Waals surface area contributed by atoms with Crippen LogP contribution in [0.5, 0.6) is 5.88 Å². The summed E-state index contributed by atoms with van der Waals surface area (Å²) in [5.74, 6) is 0.663. The number of nitrogen functional groups attached to an aromatic ring is 1. The van der Waals surface area contributed by atoms with E-state index in [1.165, 1.54) is 19.7 Å². The van der Waals surface area contributed by atoms with Gasteiger partial charge in [-0.1, -0.05) is 35.5 Å². The fourth-order valence-corrected chi connectivity index (χ4v) is 1.46. The first-order chi connectivity index (χ1) is 9.31. The average Bonchev–Trinajstić information content (AvgIpc) is 2.45. The van der Waals surface area contributed by atoms with Crippen molar-refractivity contribution < 1.29 is 9.57 Å². The van der Waals surface area contributed by atoms with Gasteiger partial charge in [0.05, 0.1) is 6.21 Å². The first-order valence-electron chi connectivity index (χ1n) is 5.65. The van der Waals surface area contributed by atoms with Crippen LogP contribution < -0.4 is 10.5 Å². The zero-order chi connectivity index (χ0) is 13.5. The Labute approximate surface area is 110 Å². The van der Waals surface area contributed by atoms with Crippen molar-refractivity contribution >= 4 is 12.0 Å².